The van der Waals surface area contributed by atoms with Gasteiger partial charge in [-0.1, -0.05) is 6.07 Å². The number of nitrogens with one attached hydrogen (secondary N) is 2. The zero-order chi connectivity index (χ0) is 12.8. The quantitative estimate of drug-likeness (QED) is 0.813. The number of anilines is 1. The minimum Gasteiger partial charge on any atom is -0.326 e. The van der Waals surface area contributed by atoms with Crippen molar-refractivity contribution in [2.24, 2.45) is 5.92 Å². The van der Waals surface area contributed by atoms with Crippen LogP contribution in [0.4, 0.5) is 5.69 Å². The SMILES string of the molecule is O=C(CCC1CCCNC1)Nc1cccc(I)c1. The Morgan fingerprint density at radius 3 is 3.11 bits per heavy atom. The van der Waals surface area contributed by atoms with Crippen LogP contribution in [-0.2, 0) is 4.79 Å². The van der Waals surface area contributed by atoms with Crippen molar-refractivity contribution in [1.29, 1.82) is 0 Å². The summed E-state index contributed by atoms with van der Waals surface area (Å²) >= 11 is 2.25. The van der Waals surface area contributed by atoms with Crippen molar-refractivity contribution in [2.75, 3.05) is 18.4 Å². The normalized spacial score (nSPS) is 19.5. The molecule has 4 heteroatoms. The zero-order valence-electron chi connectivity index (χ0n) is 10.4. The van der Waals surface area contributed by atoms with Crippen LogP contribution in [0.15, 0.2) is 24.3 Å². The molecule has 1 aliphatic heterocycles. The minimum atomic E-state index is 0.127. The summed E-state index contributed by atoms with van der Waals surface area (Å²) in [6.07, 6.45) is 4.10. The molecule has 1 saturated heterocycles. The van der Waals surface area contributed by atoms with Crippen LogP contribution in [0.1, 0.15) is 25.7 Å². The summed E-state index contributed by atoms with van der Waals surface area (Å²) in [6, 6.07) is 7.90. The molecule has 1 aromatic carbocycles. The monoisotopic (exact) mass is 358 g/mol. The molecular weight excluding hydrogens is 339 g/mol. The van der Waals surface area contributed by atoms with E-state index >= 15 is 0 Å². The van der Waals surface area contributed by atoms with Gasteiger partial charge in [-0.3, -0.25) is 4.79 Å². The summed E-state index contributed by atoms with van der Waals surface area (Å²) in [5, 5.41) is 6.34. The van der Waals surface area contributed by atoms with Crippen LogP contribution in [0.25, 0.3) is 0 Å². The average Bonchev–Trinajstić information content (AvgIpc) is 2.38. The Balaban J connectivity index is 1.74. The van der Waals surface area contributed by atoms with Crippen LogP contribution in [0, 0.1) is 9.49 Å². The molecule has 1 unspecified atom stereocenters. The zero-order valence-corrected chi connectivity index (χ0v) is 12.6. The fourth-order valence-electron chi connectivity index (χ4n) is 2.30. The highest BCUT2D eigenvalue weighted by Crippen LogP contribution is 2.17. The molecule has 1 fully saturated rings. The summed E-state index contributed by atoms with van der Waals surface area (Å²) < 4.78 is 1.14. The largest absolute Gasteiger partial charge is 0.326 e. The number of carbonyl (C=O) groups excluding carboxylic acids is 1. The van der Waals surface area contributed by atoms with Crippen LogP contribution in [0.2, 0.25) is 0 Å². The molecule has 3 nitrogen and oxygen atoms in total. The van der Waals surface area contributed by atoms with Crippen LogP contribution < -0.4 is 10.6 Å². The van der Waals surface area contributed by atoms with Gasteiger partial charge in [-0.15, -0.1) is 0 Å². The van der Waals surface area contributed by atoms with Gasteiger partial charge in [0.1, 0.15) is 0 Å². The van der Waals surface area contributed by atoms with E-state index in [0.29, 0.717) is 12.3 Å². The summed E-state index contributed by atoms with van der Waals surface area (Å²) in [5.41, 5.74) is 0.897. The van der Waals surface area contributed by atoms with Crippen molar-refractivity contribution in [3.8, 4) is 0 Å². The van der Waals surface area contributed by atoms with Crippen molar-refractivity contribution in [3.05, 3.63) is 27.8 Å². The van der Waals surface area contributed by atoms with Gasteiger partial charge in [0.15, 0.2) is 0 Å². The predicted octanol–water partition coefficient (Wildman–Crippen LogP) is 3.01. The molecule has 0 aromatic heterocycles. The van der Waals surface area contributed by atoms with E-state index in [1.54, 1.807) is 0 Å². The van der Waals surface area contributed by atoms with Crippen molar-refractivity contribution in [1.82, 2.24) is 5.32 Å². The van der Waals surface area contributed by atoms with E-state index in [-0.39, 0.29) is 5.91 Å². The fourth-order valence-corrected chi connectivity index (χ4v) is 2.84. The molecule has 18 heavy (non-hydrogen) atoms. The molecule has 0 spiro atoms. The number of amides is 1. The average molecular weight is 358 g/mol. The summed E-state index contributed by atoms with van der Waals surface area (Å²) in [5.74, 6) is 0.794. The molecule has 1 heterocycles. The van der Waals surface area contributed by atoms with E-state index in [1.807, 2.05) is 24.3 Å². The second-order valence-corrected chi connectivity index (χ2v) is 6.06. The van der Waals surface area contributed by atoms with Crippen LogP contribution in [-0.4, -0.2) is 19.0 Å². The third-order valence-corrected chi connectivity index (χ3v) is 3.96. The van der Waals surface area contributed by atoms with Gasteiger partial charge in [-0.2, -0.15) is 0 Å². The van der Waals surface area contributed by atoms with Gasteiger partial charge in [0.05, 0.1) is 0 Å². The number of piperidine rings is 1. The Kier molecular flexibility index (Phi) is 5.44. The molecule has 1 amide bonds. The second-order valence-electron chi connectivity index (χ2n) is 4.81. The fraction of sp³-hybridized carbons (Fsp3) is 0.500. The van der Waals surface area contributed by atoms with Gasteiger partial charge < -0.3 is 10.6 Å². The highest BCUT2D eigenvalue weighted by Gasteiger charge is 2.14. The Labute approximate surface area is 122 Å². The van der Waals surface area contributed by atoms with E-state index < -0.39 is 0 Å². The second kappa shape index (κ2) is 7.09. The van der Waals surface area contributed by atoms with Crippen molar-refractivity contribution in [3.63, 3.8) is 0 Å². The van der Waals surface area contributed by atoms with E-state index in [4.69, 9.17) is 0 Å². The maximum Gasteiger partial charge on any atom is 0.224 e. The van der Waals surface area contributed by atoms with Gasteiger partial charge in [-0.05, 0) is 79.1 Å². The topological polar surface area (TPSA) is 41.1 Å². The molecule has 98 valence electrons. The molecular formula is C14H19IN2O. The van der Waals surface area contributed by atoms with Crippen molar-refractivity contribution < 1.29 is 4.79 Å². The van der Waals surface area contributed by atoms with Gasteiger partial charge in [0.25, 0.3) is 0 Å². The standard InChI is InChI=1S/C14H19IN2O/c15-12-4-1-5-13(9-12)17-14(18)7-6-11-3-2-8-16-10-11/h1,4-5,9,11,16H,2-3,6-8,10H2,(H,17,18). The molecule has 0 radical (unpaired) electrons. The number of rotatable bonds is 4. The predicted molar refractivity (Wildman–Crippen MR) is 82.6 cm³/mol. The Hall–Kier alpha value is -0.620. The summed E-state index contributed by atoms with van der Waals surface area (Å²) in [7, 11) is 0. The number of hydrogen-bond acceptors (Lipinski definition) is 2. The highest BCUT2D eigenvalue weighted by molar-refractivity contribution is 14.1. The first kappa shape index (κ1) is 13.8. The van der Waals surface area contributed by atoms with Crippen molar-refractivity contribution in [2.45, 2.75) is 25.7 Å². The van der Waals surface area contributed by atoms with Crippen molar-refractivity contribution >= 4 is 34.2 Å². The molecule has 0 aliphatic carbocycles. The Bertz CT molecular complexity index is 403. The lowest BCUT2D eigenvalue weighted by molar-refractivity contribution is -0.116. The maximum absolute atomic E-state index is 11.8. The molecule has 2 N–H and O–H groups in total. The molecule has 0 bridgehead atoms. The van der Waals surface area contributed by atoms with Crippen LogP contribution in [0.5, 0.6) is 0 Å². The maximum atomic E-state index is 11.8. The van der Waals surface area contributed by atoms with Gasteiger partial charge in [-0.25, -0.2) is 0 Å². The van der Waals surface area contributed by atoms with Gasteiger partial charge in [0.2, 0.25) is 5.91 Å². The third kappa shape index (κ3) is 4.57. The Morgan fingerprint density at radius 2 is 2.39 bits per heavy atom. The number of halogens is 1. The first-order valence-electron chi connectivity index (χ1n) is 6.50. The first-order valence-corrected chi connectivity index (χ1v) is 7.58. The van der Waals surface area contributed by atoms with E-state index in [9.17, 15) is 4.79 Å². The van der Waals surface area contributed by atoms with E-state index in [0.717, 1.165) is 28.8 Å². The Morgan fingerprint density at radius 1 is 1.50 bits per heavy atom. The van der Waals surface area contributed by atoms with Crippen LogP contribution in [0.3, 0.4) is 0 Å². The molecule has 0 saturated carbocycles. The minimum absolute atomic E-state index is 0.127. The first-order chi connectivity index (χ1) is 8.74. The third-order valence-electron chi connectivity index (χ3n) is 3.29. The molecule has 1 aliphatic rings. The van der Waals surface area contributed by atoms with E-state index in [1.165, 1.54) is 12.8 Å². The lowest BCUT2D eigenvalue weighted by Crippen LogP contribution is -2.30. The lowest BCUT2D eigenvalue weighted by atomic mass is 9.94. The summed E-state index contributed by atoms with van der Waals surface area (Å²) in [4.78, 5) is 11.8. The molecule has 1 aromatic rings. The molecule has 2 rings (SSSR count). The number of benzene rings is 1. The smallest absolute Gasteiger partial charge is 0.224 e. The van der Waals surface area contributed by atoms with E-state index in [2.05, 4.69) is 33.2 Å². The van der Waals surface area contributed by atoms with Gasteiger partial charge in [0, 0.05) is 15.7 Å². The van der Waals surface area contributed by atoms with Gasteiger partial charge >= 0.3 is 0 Å². The lowest BCUT2D eigenvalue weighted by Gasteiger charge is -2.22. The molecule has 1 atom stereocenters. The summed E-state index contributed by atoms with van der Waals surface area (Å²) in [6.45, 7) is 2.20. The highest BCUT2D eigenvalue weighted by atomic mass is 127. The number of hydrogen-bond donors (Lipinski definition) is 2. The van der Waals surface area contributed by atoms with Crippen LogP contribution >= 0.6 is 22.6 Å². The number of carbonyl (C=O) groups is 1.